The van der Waals surface area contributed by atoms with Crippen molar-refractivity contribution >= 4 is 50.0 Å². The third-order valence-electron chi connectivity index (χ3n) is 3.84. The molecule has 0 radical (unpaired) electrons. The van der Waals surface area contributed by atoms with Crippen LogP contribution in [-0.4, -0.2) is 38.4 Å². The first-order chi connectivity index (χ1) is 13.8. The second-order valence-corrected chi connectivity index (χ2v) is 8.01. The number of fused-ring (bicyclic) bond motifs is 1. The summed E-state index contributed by atoms with van der Waals surface area (Å²) in [6.07, 6.45) is 1.46. The predicted molar refractivity (Wildman–Crippen MR) is 108 cm³/mol. The number of benzene rings is 2. The summed E-state index contributed by atoms with van der Waals surface area (Å²) < 4.78 is 31.7. The van der Waals surface area contributed by atoms with E-state index in [9.17, 15) is 18.0 Å². The number of nitrogens with zero attached hydrogens (tertiary/aromatic N) is 1. The number of rotatable bonds is 7. The van der Waals surface area contributed by atoms with Crippen LogP contribution in [0, 0.1) is 0 Å². The van der Waals surface area contributed by atoms with Crippen molar-refractivity contribution in [3.63, 3.8) is 0 Å². The Labute approximate surface area is 171 Å². The quantitative estimate of drug-likeness (QED) is 0.436. The van der Waals surface area contributed by atoms with Crippen LogP contribution in [0.5, 0.6) is 0 Å². The number of ether oxygens (including phenoxy) is 1. The van der Waals surface area contributed by atoms with Gasteiger partial charge >= 0.3 is 5.97 Å². The smallest absolute Gasteiger partial charge is 0.321 e. The summed E-state index contributed by atoms with van der Waals surface area (Å²) in [7, 11) is -3.92. The highest BCUT2D eigenvalue weighted by molar-refractivity contribution is 7.89. The van der Waals surface area contributed by atoms with Crippen molar-refractivity contribution in [2.24, 2.45) is 0 Å². The van der Waals surface area contributed by atoms with Gasteiger partial charge in [-0.05, 0) is 35.0 Å². The molecule has 0 spiro atoms. The van der Waals surface area contributed by atoms with Crippen LogP contribution in [0.1, 0.15) is 0 Å². The fourth-order valence-corrected chi connectivity index (χ4v) is 3.60. The molecule has 0 unspecified atom stereocenters. The molecular weight excluding hydrogens is 418 g/mol. The van der Waals surface area contributed by atoms with Gasteiger partial charge < -0.3 is 10.1 Å². The lowest BCUT2D eigenvalue weighted by Gasteiger charge is -2.09. The maximum absolute atomic E-state index is 12.4. The Balaban J connectivity index is 1.52. The lowest BCUT2D eigenvalue weighted by atomic mass is 10.1. The fourth-order valence-electron chi connectivity index (χ4n) is 2.43. The highest BCUT2D eigenvalue weighted by atomic mass is 35.5. The zero-order chi connectivity index (χ0) is 20.9. The van der Waals surface area contributed by atoms with E-state index in [0.717, 1.165) is 10.8 Å². The normalized spacial score (nSPS) is 11.2. The van der Waals surface area contributed by atoms with Gasteiger partial charge in [0.25, 0.3) is 5.91 Å². The molecule has 150 valence electrons. The molecule has 0 atom stereocenters. The van der Waals surface area contributed by atoms with Gasteiger partial charge in [0.05, 0.1) is 10.6 Å². The average molecular weight is 434 g/mol. The van der Waals surface area contributed by atoms with E-state index in [4.69, 9.17) is 16.3 Å². The van der Waals surface area contributed by atoms with Crippen LogP contribution >= 0.6 is 11.6 Å². The zero-order valence-electron chi connectivity index (χ0n) is 15.0. The average Bonchev–Trinajstić information content (AvgIpc) is 2.72. The van der Waals surface area contributed by atoms with Crippen molar-refractivity contribution in [3.05, 3.63) is 65.9 Å². The van der Waals surface area contributed by atoms with Crippen LogP contribution in [0.15, 0.2) is 65.7 Å². The van der Waals surface area contributed by atoms with Crippen LogP contribution in [0.25, 0.3) is 10.8 Å². The van der Waals surface area contributed by atoms with E-state index in [1.54, 1.807) is 24.3 Å². The Bertz CT molecular complexity index is 1170. The largest absolute Gasteiger partial charge is 0.455 e. The third-order valence-corrected chi connectivity index (χ3v) is 5.54. The van der Waals surface area contributed by atoms with E-state index in [0.29, 0.717) is 0 Å². The molecule has 0 saturated heterocycles. The monoisotopic (exact) mass is 433 g/mol. The molecule has 0 aliphatic rings. The number of anilines is 1. The van der Waals surface area contributed by atoms with Crippen molar-refractivity contribution in [1.82, 2.24) is 9.71 Å². The molecule has 1 aromatic heterocycles. The maximum atomic E-state index is 12.4. The van der Waals surface area contributed by atoms with E-state index in [-0.39, 0.29) is 15.7 Å². The van der Waals surface area contributed by atoms with Gasteiger partial charge in [0, 0.05) is 6.20 Å². The van der Waals surface area contributed by atoms with E-state index in [1.807, 2.05) is 12.1 Å². The van der Waals surface area contributed by atoms with Gasteiger partial charge in [0.1, 0.15) is 6.54 Å². The van der Waals surface area contributed by atoms with Crippen LogP contribution in [0.2, 0.25) is 5.15 Å². The van der Waals surface area contributed by atoms with Gasteiger partial charge in [-0.25, -0.2) is 13.4 Å². The molecule has 29 heavy (non-hydrogen) atoms. The summed E-state index contributed by atoms with van der Waals surface area (Å²) in [5.74, 6) is -1.53. The zero-order valence-corrected chi connectivity index (χ0v) is 16.5. The molecule has 0 aliphatic carbocycles. The van der Waals surface area contributed by atoms with Crippen LogP contribution in [-0.2, 0) is 24.3 Å². The number of aromatic nitrogens is 1. The Morgan fingerprint density at radius 2 is 1.79 bits per heavy atom. The van der Waals surface area contributed by atoms with Gasteiger partial charge in [-0.3, -0.25) is 9.59 Å². The first-order valence-electron chi connectivity index (χ1n) is 8.39. The molecule has 0 saturated carbocycles. The van der Waals surface area contributed by atoms with Gasteiger partial charge in [-0.2, -0.15) is 4.72 Å². The SMILES string of the molecule is O=C(COC(=O)CNS(=O)(=O)c1ccc2ccccc2c1)Nc1cccnc1Cl. The number of esters is 1. The number of hydrogen-bond acceptors (Lipinski definition) is 6. The molecule has 8 nitrogen and oxygen atoms in total. The summed E-state index contributed by atoms with van der Waals surface area (Å²) in [5, 5.41) is 4.17. The number of amides is 1. The molecule has 10 heteroatoms. The van der Waals surface area contributed by atoms with Crippen LogP contribution in [0.3, 0.4) is 0 Å². The number of halogens is 1. The Morgan fingerprint density at radius 3 is 2.55 bits per heavy atom. The van der Waals surface area contributed by atoms with Gasteiger partial charge in [-0.1, -0.05) is 41.9 Å². The predicted octanol–water partition coefficient (Wildman–Crippen LogP) is 2.35. The van der Waals surface area contributed by atoms with Crippen LogP contribution in [0.4, 0.5) is 5.69 Å². The summed E-state index contributed by atoms with van der Waals surface area (Å²) in [6, 6.07) is 15.0. The standard InChI is InChI=1S/C19H16ClN3O5S/c20-19-16(6-3-9-21-19)23-17(24)12-28-18(25)11-22-29(26,27)15-8-7-13-4-1-2-5-14(13)10-15/h1-10,22H,11-12H2,(H,23,24). The Kier molecular flexibility index (Phi) is 6.42. The summed E-state index contributed by atoms with van der Waals surface area (Å²) in [5.41, 5.74) is 0.271. The van der Waals surface area contributed by atoms with Crippen molar-refractivity contribution in [2.75, 3.05) is 18.5 Å². The lowest BCUT2D eigenvalue weighted by Crippen LogP contribution is -2.32. The van der Waals surface area contributed by atoms with Crippen molar-refractivity contribution < 1.29 is 22.7 Å². The molecule has 1 heterocycles. The van der Waals surface area contributed by atoms with Gasteiger partial charge in [0.2, 0.25) is 10.0 Å². The topological polar surface area (TPSA) is 114 Å². The number of hydrogen-bond donors (Lipinski definition) is 2. The second kappa shape index (κ2) is 8.99. The first kappa shape index (κ1) is 20.7. The highest BCUT2D eigenvalue weighted by Gasteiger charge is 2.17. The lowest BCUT2D eigenvalue weighted by molar-refractivity contribution is -0.146. The van der Waals surface area contributed by atoms with E-state index in [1.165, 1.54) is 24.4 Å². The third kappa shape index (κ3) is 5.50. The van der Waals surface area contributed by atoms with Crippen molar-refractivity contribution in [2.45, 2.75) is 4.90 Å². The van der Waals surface area contributed by atoms with E-state index in [2.05, 4.69) is 15.0 Å². The fraction of sp³-hybridized carbons (Fsp3) is 0.105. The Morgan fingerprint density at radius 1 is 1.03 bits per heavy atom. The molecule has 3 rings (SSSR count). The molecule has 1 amide bonds. The molecule has 0 aliphatic heterocycles. The second-order valence-electron chi connectivity index (χ2n) is 5.88. The van der Waals surface area contributed by atoms with Crippen LogP contribution < -0.4 is 10.0 Å². The summed E-state index contributed by atoms with van der Waals surface area (Å²) in [4.78, 5) is 27.4. The number of carbonyl (C=O) groups excluding carboxylic acids is 2. The highest BCUT2D eigenvalue weighted by Crippen LogP contribution is 2.19. The molecule has 0 fully saturated rings. The number of sulfonamides is 1. The molecule has 3 aromatic rings. The minimum Gasteiger partial charge on any atom is -0.455 e. The molecule has 2 aromatic carbocycles. The van der Waals surface area contributed by atoms with Gasteiger partial charge in [0.15, 0.2) is 11.8 Å². The first-order valence-corrected chi connectivity index (χ1v) is 10.3. The molecule has 2 N–H and O–H groups in total. The summed E-state index contributed by atoms with van der Waals surface area (Å²) >= 11 is 5.82. The summed E-state index contributed by atoms with van der Waals surface area (Å²) in [6.45, 7) is -1.21. The maximum Gasteiger partial charge on any atom is 0.321 e. The molecule has 0 bridgehead atoms. The number of pyridine rings is 1. The minimum absolute atomic E-state index is 0.0213. The minimum atomic E-state index is -3.92. The van der Waals surface area contributed by atoms with Crippen molar-refractivity contribution in [3.8, 4) is 0 Å². The van der Waals surface area contributed by atoms with Gasteiger partial charge in [-0.15, -0.1) is 0 Å². The van der Waals surface area contributed by atoms with E-state index < -0.39 is 35.1 Å². The number of nitrogens with one attached hydrogen (secondary N) is 2. The Hall–Kier alpha value is -3.01. The van der Waals surface area contributed by atoms with E-state index >= 15 is 0 Å². The van der Waals surface area contributed by atoms with Crippen molar-refractivity contribution in [1.29, 1.82) is 0 Å². The number of carbonyl (C=O) groups is 2. The molecular formula is C19H16ClN3O5S.